The normalized spacial score (nSPS) is 18.0. The summed E-state index contributed by atoms with van der Waals surface area (Å²) in [7, 11) is 1.68. The molecule has 6 heteroatoms. The molecule has 2 rings (SSSR count). The number of likely N-dealkylation sites (N-methyl/N-ethyl adjacent to an activating group) is 1. The van der Waals surface area contributed by atoms with E-state index in [9.17, 15) is 9.90 Å². The van der Waals surface area contributed by atoms with E-state index in [1.807, 2.05) is 0 Å². The molecule has 1 aromatic rings. The van der Waals surface area contributed by atoms with Crippen molar-refractivity contribution in [1.82, 2.24) is 0 Å². The zero-order valence-corrected chi connectivity index (χ0v) is 10.2. The lowest BCUT2D eigenvalue weighted by molar-refractivity contribution is -0.120. The molecule has 0 spiro atoms. The van der Waals surface area contributed by atoms with Gasteiger partial charge in [-0.25, -0.2) is 0 Å². The molecule has 2 unspecified atom stereocenters. The summed E-state index contributed by atoms with van der Waals surface area (Å²) in [5.74, 6) is 0.517. The maximum Gasteiger partial charge on any atom is 0.264 e. The fourth-order valence-corrected chi connectivity index (χ4v) is 1.87. The number of rotatable bonds is 3. The van der Waals surface area contributed by atoms with Crippen LogP contribution < -0.4 is 21.1 Å². The second kappa shape index (κ2) is 4.93. The van der Waals surface area contributed by atoms with Crippen LogP contribution in [0.3, 0.4) is 0 Å². The molecule has 1 aliphatic heterocycles. The van der Waals surface area contributed by atoms with Crippen molar-refractivity contribution in [3.05, 3.63) is 23.8 Å². The van der Waals surface area contributed by atoms with E-state index in [1.165, 1.54) is 4.90 Å². The summed E-state index contributed by atoms with van der Waals surface area (Å²) in [6.07, 6.45) is -0.812. The highest BCUT2D eigenvalue weighted by molar-refractivity contribution is 5.97. The molecular formula is C12H17N3O3. The van der Waals surface area contributed by atoms with E-state index in [0.717, 1.165) is 5.56 Å². The topological polar surface area (TPSA) is 102 Å². The van der Waals surface area contributed by atoms with Crippen molar-refractivity contribution in [3.8, 4) is 5.75 Å². The molecule has 5 N–H and O–H groups in total. The van der Waals surface area contributed by atoms with Crippen molar-refractivity contribution >= 4 is 11.6 Å². The third-order valence-electron chi connectivity index (χ3n) is 3.11. The molecule has 1 aliphatic rings. The summed E-state index contributed by atoms with van der Waals surface area (Å²) < 4.78 is 5.31. The third-order valence-corrected chi connectivity index (χ3v) is 3.11. The van der Waals surface area contributed by atoms with E-state index in [0.29, 0.717) is 11.4 Å². The number of hydrogen-bond acceptors (Lipinski definition) is 5. The van der Waals surface area contributed by atoms with Crippen LogP contribution in [0.4, 0.5) is 5.69 Å². The first-order valence-electron chi connectivity index (χ1n) is 5.71. The first-order valence-corrected chi connectivity index (χ1v) is 5.71. The van der Waals surface area contributed by atoms with E-state index in [1.54, 1.807) is 25.2 Å². The summed E-state index contributed by atoms with van der Waals surface area (Å²) in [4.78, 5) is 13.0. The van der Waals surface area contributed by atoms with E-state index < -0.39 is 12.1 Å². The van der Waals surface area contributed by atoms with Gasteiger partial charge in [0.05, 0.1) is 17.8 Å². The van der Waals surface area contributed by atoms with Gasteiger partial charge in [-0.15, -0.1) is 0 Å². The fraction of sp³-hybridized carbons (Fsp3) is 0.417. The van der Waals surface area contributed by atoms with E-state index in [2.05, 4.69) is 0 Å². The van der Waals surface area contributed by atoms with Gasteiger partial charge in [-0.2, -0.15) is 0 Å². The molecule has 0 fully saturated rings. The summed E-state index contributed by atoms with van der Waals surface area (Å²) >= 11 is 0. The van der Waals surface area contributed by atoms with Gasteiger partial charge in [0.2, 0.25) is 0 Å². The van der Waals surface area contributed by atoms with E-state index in [-0.39, 0.29) is 19.1 Å². The highest BCUT2D eigenvalue weighted by Crippen LogP contribution is 2.33. The fourth-order valence-electron chi connectivity index (χ4n) is 1.87. The number of benzene rings is 1. The number of ether oxygens (including phenoxy) is 1. The molecule has 18 heavy (non-hydrogen) atoms. The molecule has 98 valence electrons. The Morgan fingerprint density at radius 3 is 2.94 bits per heavy atom. The van der Waals surface area contributed by atoms with Gasteiger partial charge >= 0.3 is 0 Å². The maximum atomic E-state index is 11.5. The van der Waals surface area contributed by atoms with Gasteiger partial charge in [0.15, 0.2) is 6.61 Å². The lowest BCUT2D eigenvalue weighted by Crippen LogP contribution is -2.36. The van der Waals surface area contributed by atoms with Crippen molar-refractivity contribution in [2.24, 2.45) is 11.5 Å². The van der Waals surface area contributed by atoms with Gasteiger partial charge in [-0.3, -0.25) is 4.79 Å². The molecule has 1 aromatic carbocycles. The Kier molecular flexibility index (Phi) is 3.51. The Morgan fingerprint density at radius 1 is 1.56 bits per heavy atom. The largest absolute Gasteiger partial charge is 0.482 e. The van der Waals surface area contributed by atoms with Crippen LogP contribution in [0.1, 0.15) is 11.6 Å². The molecule has 0 aromatic heterocycles. The average molecular weight is 251 g/mol. The van der Waals surface area contributed by atoms with Crippen molar-refractivity contribution in [2.75, 3.05) is 25.1 Å². The van der Waals surface area contributed by atoms with Gasteiger partial charge in [-0.1, -0.05) is 6.07 Å². The average Bonchev–Trinajstić information content (AvgIpc) is 2.41. The van der Waals surface area contributed by atoms with Gasteiger partial charge in [0.1, 0.15) is 5.75 Å². The Labute approximate surface area is 105 Å². The summed E-state index contributed by atoms with van der Waals surface area (Å²) in [6.45, 7) is 0.129. The van der Waals surface area contributed by atoms with Crippen molar-refractivity contribution in [3.63, 3.8) is 0 Å². The standard InChI is InChI=1S/C12H17N3O3/c1-15-8-4-7(12(14)9(16)5-13)2-3-10(8)18-6-11(15)17/h2-4,9,12,16H,5-6,13-14H2,1H3. The summed E-state index contributed by atoms with van der Waals surface area (Å²) in [5, 5.41) is 9.64. The zero-order valence-electron chi connectivity index (χ0n) is 10.2. The minimum Gasteiger partial charge on any atom is -0.482 e. The SMILES string of the molecule is CN1C(=O)COc2ccc(C(N)C(O)CN)cc21. The zero-order chi connectivity index (χ0) is 13.3. The Hall–Kier alpha value is -1.63. The van der Waals surface area contributed by atoms with Crippen LogP contribution in [0.2, 0.25) is 0 Å². The number of carbonyl (C=O) groups is 1. The minimum atomic E-state index is -0.812. The number of aliphatic hydroxyl groups excluding tert-OH is 1. The Morgan fingerprint density at radius 2 is 2.28 bits per heavy atom. The molecule has 0 saturated carbocycles. The minimum absolute atomic E-state index is 0.0420. The number of aliphatic hydroxyl groups is 1. The number of hydrogen-bond donors (Lipinski definition) is 3. The predicted octanol–water partition coefficient (Wildman–Crippen LogP) is -0.639. The van der Waals surface area contributed by atoms with Crippen LogP contribution in [0.25, 0.3) is 0 Å². The van der Waals surface area contributed by atoms with Crippen LogP contribution in [0, 0.1) is 0 Å². The van der Waals surface area contributed by atoms with Crippen molar-refractivity contribution in [1.29, 1.82) is 0 Å². The molecular weight excluding hydrogens is 234 g/mol. The van der Waals surface area contributed by atoms with Gasteiger partial charge in [0, 0.05) is 13.6 Å². The number of fused-ring (bicyclic) bond motifs is 1. The van der Waals surface area contributed by atoms with E-state index in [4.69, 9.17) is 16.2 Å². The first kappa shape index (κ1) is 12.8. The number of anilines is 1. The van der Waals surface area contributed by atoms with Crippen LogP contribution in [0.5, 0.6) is 5.75 Å². The highest BCUT2D eigenvalue weighted by atomic mass is 16.5. The van der Waals surface area contributed by atoms with Crippen molar-refractivity contribution in [2.45, 2.75) is 12.1 Å². The second-order valence-corrected chi connectivity index (χ2v) is 4.30. The number of nitrogens with zero attached hydrogens (tertiary/aromatic N) is 1. The first-order chi connectivity index (χ1) is 8.54. The smallest absolute Gasteiger partial charge is 0.264 e. The van der Waals surface area contributed by atoms with Crippen LogP contribution >= 0.6 is 0 Å². The number of amides is 1. The van der Waals surface area contributed by atoms with Gasteiger partial charge in [-0.05, 0) is 17.7 Å². The Balaban J connectivity index is 2.34. The molecule has 0 saturated heterocycles. The molecule has 2 atom stereocenters. The van der Waals surface area contributed by atoms with Gasteiger partial charge < -0.3 is 26.2 Å². The third kappa shape index (κ3) is 2.17. The maximum absolute atomic E-state index is 11.5. The van der Waals surface area contributed by atoms with E-state index >= 15 is 0 Å². The molecule has 0 radical (unpaired) electrons. The van der Waals surface area contributed by atoms with Crippen molar-refractivity contribution < 1.29 is 14.6 Å². The molecule has 0 bridgehead atoms. The second-order valence-electron chi connectivity index (χ2n) is 4.30. The monoisotopic (exact) mass is 251 g/mol. The number of carbonyl (C=O) groups excluding carboxylic acids is 1. The Bertz CT molecular complexity index is 464. The molecule has 6 nitrogen and oxygen atoms in total. The quantitative estimate of drug-likeness (QED) is 0.663. The lowest BCUT2D eigenvalue weighted by Gasteiger charge is -2.27. The summed E-state index contributed by atoms with van der Waals surface area (Å²) in [6, 6.07) is 4.68. The molecule has 1 amide bonds. The number of nitrogens with two attached hydrogens (primary N) is 2. The molecule has 1 heterocycles. The summed E-state index contributed by atoms with van der Waals surface area (Å²) in [5.41, 5.74) is 12.6. The highest BCUT2D eigenvalue weighted by Gasteiger charge is 2.24. The van der Waals surface area contributed by atoms with Crippen LogP contribution in [0.15, 0.2) is 18.2 Å². The predicted molar refractivity (Wildman–Crippen MR) is 67.3 cm³/mol. The van der Waals surface area contributed by atoms with Gasteiger partial charge in [0.25, 0.3) is 5.91 Å². The molecule has 0 aliphatic carbocycles. The lowest BCUT2D eigenvalue weighted by atomic mass is 10.0. The van der Waals surface area contributed by atoms with Crippen LogP contribution in [-0.4, -0.2) is 37.3 Å². The van der Waals surface area contributed by atoms with Crippen LogP contribution in [-0.2, 0) is 4.79 Å².